The molecule has 1 N–H and O–H groups in total. The Balaban J connectivity index is 1.63. The lowest BCUT2D eigenvalue weighted by atomic mass is 10.2. The van der Waals surface area contributed by atoms with E-state index in [0.29, 0.717) is 24.3 Å². The molecule has 0 saturated carbocycles. The molecule has 0 bridgehead atoms. The van der Waals surface area contributed by atoms with Crippen LogP contribution in [0.2, 0.25) is 0 Å². The van der Waals surface area contributed by atoms with Crippen LogP contribution >= 0.6 is 0 Å². The van der Waals surface area contributed by atoms with Gasteiger partial charge in [0.25, 0.3) is 0 Å². The monoisotopic (exact) mass is 377 g/mol. The van der Waals surface area contributed by atoms with Gasteiger partial charge in [-0.3, -0.25) is 4.79 Å². The van der Waals surface area contributed by atoms with Gasteiger partial charge >= 0.3 is 0 Å². The van der Waals surface area contributed by atoms with Gasteiger partial charge in [-0.15, -0.1) is 0 Å². The summed E-state index contributed by atoms with van der Waals surface area (Å²) in [5.41, 5.74) is 1.29. The Morgan fingerprint density at radius 2 is 1.92 bits per heavy atom. The van der Waals surface area contributed by atoms with Gasteiger partial charge in [0.15, 0.2) is 9.84 Å². The van der Waals surface area contributed by atoms with Crippen LogP contribution in [0.25, 0.3) is 0 Å². The molecule has 1 aliphatic rings. The highest BCUT2D eigenvalue weighted by atomic mass is 32.2. The molecule has 0 aromatic heterocycles. The maximum Gasteiger partial charge on any atom is 0.242 e. The van der Waals surface area contributed by atoms with Crippen molar-refractivity contribution in [2.75, 3.05) is 11.1 Å². The Bertz CT molecular complexity index is 881. The molecule has 3 rings (SSSR count). The summed E-state index contributed by atoms with van der Waals surface area (Å²) in [6.07, 6.45) is 1.70. The molecule has 2 aromatic rings. The number of sulfone groups is 1. The highest BCUT2D eigenvalue weighted by molar-refractivity contribution is 7.92. The Morgan fingerprint density at radius 3 is 2.65 bits per heavy atom. The van der Waals surface area contributed by atoms with E-state index in [1.807, 2.05) is 0 Å². The summed E-state index contributed by atoms with van der Waals surface area (Å²) >= 11 is 0. The molecule has 0 spiro atoms. The smallest absolute Gasteiger partial charge is 0.242 e. The fourth-order valence-corrected chi connectivity index (χ4v) is 4.68. The lowest BCUT2D eigenvalue weighted by Gasteiger charge is -2.21. The lowest BCUT2D eigenvalue weighted by molar-refractivity contribution is -0.116. The standard InChI is InChI=1S/C19H20FNO4S/c20-15-9-7-14(8-10-15)13-25-17-5-3-4-16(12-17)21-19(22)18-6-1-2-11-26(18,23)24/h3-5,7-10,12,18H,1-2,6,11,13H2,(H,21,22)/t18-/m0/s1. The van der Waals surface area contributed by atoms with Gasteiger partial charge in [0.05, 0.1) is 5.75 Å². The molecule has 1 atom stereocenters. The van der Waals surface area contributed by atoms with Gasteiger partial charge in [-0.05, 0) is 42.7 Å². The molecular formula is C19H20FNO4S. The van der Waals surface area contributed by atoms with Crippen LogP contribution in [0.5, 0.6) is 5.75 Å². The average Bonchev–Trinajstić information content (AvgIpc) is 2.61. The number of hydrogen-bond acceptors (Lipinski definition) is 4. The molecule has 1 amide bonds. The second kappa shape index (κ2) is 7.86. The van der Waals surface area contributed by atoms with Gasteiger partial charge in [0, 0.05) is 11.8 Å². The van der Waals surface area contributed by atoms with Crippen molar-refractivity contribution < 1.29 is 22.3 Å². The van der Waals surface area contributed by atoms with Crippen molar-refractivity contribution in [3.8, 4) is 5.75 Å². The maximum absolute atomic E-state index is 12.9. The predicted octanol–water partition coefficient (Wildman–Crippen LogP) is 3.31. The van der Waals surface area contributed by atoms with E-state index in [-0.39, 0.29) is 18.2 Å². The van der Waals surface area contributed by atoms with Gasteiger partial charge < -0.3 is 10.1 Å². The first-order chi connectivity index (χ1) is 12.4. The quantitative estimate of drug-likeness (QED) is 0.868. The zero-order chi connectivity index (χ0) is 18.6. The molecule has 138 valence electrons. The Hall–Kier alpha value is -2.41. The van der Waals surface area contributed by atoms with Crippen LogP contribution in [-0.4, -0.2) is 25.3 Å². The summed E-state index contributed by atoms with van der Waals surface area (Å²) < 4.78 is 42.7. The van der Waals surface area contributed by atoms with Crippen LogP contribution in [-0.2, 0) is 21.2 Å². The first-order valence-corrected chi connectivity index (χ1v) is 10.2. The number of carbonyl (C=O) groups is 1. The van der Waals surface area contributed by atoms with E-state index < -0.39 is 21.0 Å². The number of rotatable bonds is 5. The molecule has 0 unspecified atom stereocenters. The molecule has 1 heterocycles. The third kappa shape index (κ3) is 4.60. The highest BCUT2D eigenvalue weighted by Crippen LogP contribution is 2.23. The van der Waals surface area contributed by atoms with E-state index in [9.17, 15) is 17.6 Å². The summed E-state index contributed by atoms with van der Waals surface area (Å²) in [5, 5.41) is 1.68. The third-order valence-corrected chi connectivity index (χ3v) is 6.47. The van der Waals surface area contributed by atoms with Crippen molar-refractivity contribution in [2.24, 2.45) is 0 Å². The van der Waals surface area contributed by atoms with E-state index in [2.05, 4.69) is 5.32 Å². The molecule has 0 aliphatic carbocycles. The molecular weight excluding hydrogens is 357 g/mol. The number of benzene rings is 2. The topological polar surface area (TPSA) is 72.5 Å². The van der Waals surface area contributed by atoms with E-state index in [0.717, 1.165) is 12.0 Å². The van der Waals surface area contributed by atoms with Crippen LogP contribution in [0.4, 0.5) is 10.1 Å². The fourth-order valence-electron chi connectivity index (χ4n) is 2.88. The molecule has 5 nitrogen and oxygen atoms in total. The van der Waals surface area contributed by atoms with Crippen LogP contribution in [0.3, 0.4) is 0 Å². The minimum Gasteiger partial charge on any atom is -0.489 e. The highest BCUT2D eigenvalue weighted by Gasteiger charge is 2.34. The normalized spacial score (nSPS) is 18.9. The van der Waals surface area contributed by atoms with E-state index in [1.165, 1.54) is 12.1 Å². The first-order valence-electron chi connectivity index (χ1n) is 8.44. The van der Waals surface area contributed by atoms with Crippen molar-refractivity contribution in [2.45, 2.75) is 31.1 Å². The molecule has 1 fully saturated rings. The van der Waals surface area contributed by atoms with Gasteiger partial charge in [-0.25, -0.2) is 12.8 Å². The second-order valence-electron chi connectivity index (χ2n) is 6.28. The first kappa shape index (κ1) is 18.4. The minimum absolute atomic E-state index is 0.0614. The molecule has 1 aliphatic heterocycles. The number of ether oxygens (including phenoxy) is 1. The van der Waals surface area contributed by atoms with Crippen LogP contribution in [0, 0.1) is 5.82 Å². The van der Waals surface area contributed by atoms with Crippen molar-refractivity contribution in [1.29, 1.82) is 0 Å². The van der Waals surface area contributed by atoms with Gasteiger partial charge in [0.2, 0.25) is 5.91 Å². The summed E-state index contributed by atoms with van der Waals surface area (Å²) in [7, 11) is -3.38. The fraction of sp³-hybridized carbons (Fsp3) is 0.316. The summed E-state index contributed by atoms with van der Waals surface area (Å²) in [6, 6.07) is 12.8. The van der Waals surface area contributed by atoms with Crippen molar-refractivity contribution in [3.05, 3.63) is 59.9 Å². The molecule has 7 heteroatoms. The number of carbonyl (C=O) groups excluding carboxylic acids is 1. The zero-order valence-corrected chi connectivity index (χ0v) is 15.0. The maximum atomic E-state index is 12.9. The Kier molecular flexibility index (Phi) is 5.56. The summed E-state index contributed by atoms with van der Waals surface area (Å²) in [4.78, 5) is 12.3. The van der Waals surface area contributed by atoms with E-state index in [1.54, 1.807) is 36.4 Å². The molecule has 26 heavy (non-hydrogen) atoms. The van der Waals surface area contributed by atoms with Crippen molar-refractivity contribution >= 4 is 21.4 Å². The SMILES string of the molecule is O=C(Nc1cccc(OCc2ccc(F)cc2)c1)[C@@H]1CCCCS1(=O)=O. The number of amides is 1. The molecule has 0 radical (unpaired) electrons. The van der Waals surface area contributed by atoms with E-state index >= 15 is 0 Å². The Morgan fingerprint density at radius 1 is 1.15 bits per heavy atom. The van der Waals surface area contributed by atoms with E-state index in [4.69, 9.17) is 4.74 Å². The number of hydrogen-bond donors (Lipinski definition) is 1. The minimum atomic E-state index is -3.38. The Labute approximate surface area is 152 Å². The number of anilines is 1. The summed E-state index contributed by atoms with van der Waals surface area (Å²) in [6.45, 7) is 0.259. The summed E-state index contributed by atoms with van der Waals surface area (Å²) in [5.74, 6) is -0.221. The second-order valence-corrected chi connectivity index (χ2v) is 8.59. The molecule has 1 saturated heterocycles. The van der Waals surface area contributed by atoms with Gasteiger partial charge in [-0.1, -0.05) is 24.6 Å². The predicted molar refractivity (Wildman–Crippen MR) is 97.2 cm³/mol. The lowest BCUT2D eigenvalue weighted by Crippen LogP contribution is -2.39. The van der Waals surface area contributed by atoms with Crippen LogP contribution < -0.4 is 10.1 Å². The van der Waals surface area contributed by atoms with Crippen LogP contribution in [0.1, 0.15) is 24.8 Å². The van der Waals surface area contributed by atoms with Gasteiger partial charge in [0.1, 0.15) is 23.4 Å². The zero-order valence-electron chi connectivity index (χ0n) is 14.2. The van der Waals surface area contributed by atoms with Gasteiger partial charge in [-0.2, -0.15) is 0 Å². The van der Waals surface area contributed by atoms with Crippen LogP contribution in [0.15, 0.2) is 48.5 Å². The number of halogens is 1. The number of nitrogens with one attached hydrogen (secondary N) is 1. The van der Waals surface area contributed by atoms with Crippen molar-refractivity contribution in [3.63, 3.8) is 0 Å². The third-order valence-electron chi connectivity index (χ3n) is 4.29. The average molecular weight is 377 g/mol. The largest absolute Gasteiger partial charge is 0.489 e. The van der Waals surface area contributed by atoms with Crippen molar-refractivity contribution in [1.82, 2.24) is 0 Å². The molecule has 2 aromatic carbocycles.